The third-order valence-electron chi connectivity index (χ3n) is 3.99. The number of aliphatic hydroxyl groups excluding tert-OH is 1. The molecule has 2 heterocycles. The molecule has 4 aromatic rings. The molecular formula is C19H13FN2O2S. The van der Waals surface area contributed by atoms with Gasteiger partial charge in [0.15, 0.2) is 0 Å². The van der Waals surface area contributed by atoms with Crippen molar-refractivity contribution in [3.63, 3.8) is 0 Å². The fraction of sp³-hybridized carbons (Fsp3) is 0.0526. The molecule has 0 saturated carbocycles. The van der Waals surface area contributed by atoms with E-state index >= 15 is 0 Å². The van der Waals surface area contributed by atoms with E-state index in [4.69, 9.17) is 0 Å². The Bertz CT molecular complexity index is 1070. The molecule has 0 aliphatic carbocycles. The molecule has 0 spiro atoms. The molecule has 0 bridgehead atoms. The van der Waals surface area contributed by atoms with Crippen LogP contribution in [0.4, 0.5) is 4.39 Å². The minimum atomic E-state index is -0.366. The van der Waals surface area contributed by atoms with Crippen LogP contribution < -0.4 is 0 Å². The number of halogens is 1. The molecule has 6 heteroatoms. The van der Waals surface area contributed by atoms with Crippen LogP contribution in [-0.4, -0.2) is 20.7 Å². The van der Waals surface area contributed by atoms with E-state index in [-0.39, 0.29) is 18.3 Å². The first-order chi connectivity index (χ1) is 12.2. The molecule has 0 atom stereocenters. The monoisotopic (exact) mass is 352 g/mol. The van der Waals surface area contributed by atoms with Crippen molar-refractivity contribution in [2.45, 2.75) is 6.73 Å². The molecule has 2 aromatic carbocycles. The van der Waals surface area contributed by atoms with Crippen LogP contribution in [0.1, 0.15) is 15.2 Å². The second-order valence-electron chi connectivity index (χ2n) is 5.54. The van der Waals surface area contributed by atoms with E-state index in [1.165, 1.54) is 28.2 Å². The van der Waals surface area contributed by atoms with E-state index in [1.54, 1.807) is 36.4 Å². The lowest BCUT2D eigenvalue weighted by atomic mass is 10.0. The van der Waals surface area contributed by atoms with Crippen molar-refractivity contribution in [2.75, 3.05) is 0 Å². The molecular weight excluding hydrogens is 339 g/mol. The molecule has 4 rings (SSSR count). The number of aromatic nitrogens is 2. The number of ketones is 1. The molecule has 0 saturated heterocycles. The summed E-state index contributed by atoms with van der Waals surface area (Å²) in [6, 6.07) is 14.9. The number of thiophene rings is 1. The SMILES string of the molecule is O=C(c1ccc2c(c1)c(-c1cccc(F)c1)nn2CO)c1cccs1. The van der Waals surface area contributed by atoms with Gasteiger partial charge in [-0.1, -0.05) is 18.2 Å². The first kappa shape index (κ1) is 15.7. The predicted molar refractivity (Wildman–Crippen MR) is 95.1 cm³/mol. The van der Waals surface area contributed by atoms with Crippen LogP contribution >= 0.6 is 11.3 Å². The largest absolute Gasteiger partial charge is 0.374 e. The molecule has 2 aromatic heterocycles. The smallest absolute Gasteiger partial charge is 0.202 e. The number of nitrogens with zero attached hydrogens (tertiary/aromatic N) is 2. The van der Waals surface area contributed by atoms with Crippen molar-refractivity contribution >= 4 is 28.0 Å². The second kappa shape index (κ2) is 6.23. The van der Waals surface area contributed by atoms with Crippen LogP contribution in [-0.2, 0) is 6.73 Å². The molecule has 25 heavy (non-hydrogen) atoms. The van der Waals surface area contributed by atoms with Crippen molar-refractivity contribution in [3.8, 4) is 11.3 Å². The summed E-state index contributed by atoms with van der Waals surface area (Å²) in [6.07, 6.45) is 0. The summed E-state index contributed by atoms with van der Waals surface area (Å²) in [5.41, 5.74) is 2.34. The molecule has 0 aliphatic heterocycles. The Balaban J connectivity index is 1.91. The third-order valence-corrected chi connectivity index (χ3v) is 4.86. The zero-order chi connectivity index (χ0) is 17.4. The van der Waals surface area contributed by atoms with Gasteiger partial charge < -0.3 is 5.11 Å². The highest BCUT2D eigenvalue weighted by Crippen LogP contribution is 2.30. The number of hydrogen-bond donors (Lipinski definition) is 1. The van der Waals surface area contributed by atoms with Gasteiger partial charge in [0.1, 0.15) is 18.2 Å². The van der Waals surface area contributed by atoms with Gasteiger partial charge in [-0.25, -0.2) is 9.07 Å². The van der Waals surface area contributed by atoms with E-state index in [0.717, 1.165) is 0 Å². The van der Waals surface area contributed by atoms with Crippen LogP contribution in [0.3, 0.4) is 0 Å². The van der Waals surface area contributed by atoms with Crippen molar-refractivity contribution in [1.82, 2.24) is 9.78 Å². The minimum Gasteiger partial charge on any atom is -0.374 e. The molecule has 0 unspecified atom stereocenters. The maximum Gasteiger partial charge on any atom is 0.202 e. The van der Waals surface area contributed by atoms with Gasteiger partial charge in [0.2, 0.25) is 5.78 Å². The summed E-state index contributed by atoms with van der Waals surface area (Å²) in [5, 5.41) is 16.5. The summed E-state index contributed by atoms with van der Waals surface area (Å²) in [7, 11) is 0. The summed E-state index contributed by atoms with van der Waals surface area (Å²) in [5.74, 6) is -0.436. The van der Waals surface area contributed by atoms with Crippen LogP contribution in [0, 0.1) is 5.82 Å². The van der Waals surface area contributed by atoms with Gasteiger partial charge in [0.25, 0.3) is 0 Å². The van der Waals surface area contributed by atoms with Gasteiger partial charge >= 0.3 is 0 Å². The highest BCUT2D eigenvalue weighted by Gasteiger charge is 2.16. The minimum absolute atomic E-state index is 0.0705. The number of benzene rings is 2. The van der Waals surface area contributed by atoms with Gasteiger partial charge in [0, 0.05) is 16.5 Å². The summed E-state index contributed by atoms with van der Waals surface area (Å²) in [6.45, 7) is -0.302. The van der Waals surface area contributed by atoms with Gasteiger partial charge in [-0.3, -0.25) is 4.79 Å². The van der Waals surface area contributed by atoms with E-state index < -0.39 is 0 Å². The Morgan fingerprint density at radius 2 is 2.04 bits per heavy atom. The first-order valence-corrected chi connectivity index (χ1v) is 8.51. The Morgan fingerprint density at radius 1 is 1.16 bits per heavy atom. The molecule has 0 radical (unpaired) electrons. The van der Waals surface area contributed by atoms with E-state index in [0.29, 0.717) is 32.6 Å². The normalized spacial score (nSPS) is 11.1. The number of carbonyl (C=O) groups is 1. The highest BCUT2D eigenvalue weighted by molar-refractivity contribution is 7.12. The molecule has 1 N–H and O–H groups in total. The number of rotatable bonds is 4. The summed E-state index contributed by atoms with van der Waals surface area (Å²) < 4.78 is 15.0. The molecule has 0 amide bonds. The number of hydrogen-bond acceptors (Lipinski definition) is 4. The highest BCUT2D eigenvalue weighted by atomic mass is 32.1. The van der Waals surface area contributed by atoms with Gasteiger partial charge in [-0.15, -0.1) is 11.3 Å². The van der Waals surface area contributed by atoms with Crippen molar-refractivity contribution < 1.29 is 14.3 Å². The van der Waals surface area contributed by atoms with Crippen LogP contribution in [0.2, 0.25) is 0 Å². The Labute approximate surface area is 146 Å². The quantitative estimate of drug-likeness (QED) is 0.563. The van der Waals surface area contributed by atoms with Crippen molar-refractivity contribution in [2.24, 2.45) is 0 Å². The molecule has 0 aliphatic rings. The fourth-order valence-corrected chi connectivity index (χ4v) is 3.51. The number of fused-ring (bicyclic) bond motifs is 1. The van der Waals surface area contributed by atoms with Gasteiger partial charge in [-0.05, 0) is 41.8 Å². The van der Waals surface area contributed by atoms with E-state index in [1.807, 2.05) is 11.4 Å². The standard InChI is InChI=1S/C19H13FN2O2S/c20-14-4-1-3-12(9-14)18-15-10-13(19(24)17-5-2-8-25-17)6-7-16(15)22(11-23)21-18/h1-10,23H,11H2. The molecule has 124 valence electrons. The van der Waals surface area contributed by atoms with E-state index in [9.17, 15) is 14.3 Å². The maximum absolute atomic E-state index is 13.6. The first-order valence-electron chi connectivity index (χ1n) is 7.63. The summed E-state index contributed by atoms with van der Waals surface area (Å²) in [4.78, 5) is 13.3. The summed E-state index contributed by atoms with van der Waals surface area (Å²) >= 11 is 1.38. The van der Waals surface area contributed by atoms with E-state index in [2.05, 4.69) is 5.10 Å². The number of aliphatic hydroxyl groups is 1. The lowest BCUT2D eigenvalue weighted by molar-refractivity contribution is 0.104. The van der Waals surface area contributed by atoms with Gasteiger partial charge in [-0.2, -0.15) is 5.10 Å². The molecule has 0 fully saturated rings. The van der Waals surface area contributed by atoms with Crippen molar-refractivity contribution in [1.29, 1.82) is 0 Å². The topological polar surface area (TPSA) is 55.1 Å². The van der Waals surface area contributed by atoms with Crippen LogP contribution in [0.5, 0.6) is 0 Å². The second-order valence-corrected chi connectivity index (χ2v) is 6.49. The maximum atomic E-state index is 13.6. The van der Waals surface area contributed by atoms with Crippen molar-refractivity contribution in [3.05, 3.63) is 76.2 Å². The molecule has 4 nitrogen and oxygen atoms in total. The lowest BCUT2D eigenvalue weighted by Gasteiger charge is -2.02. The average molecular weight is 352 g/mol. The predicted octanol–water partition coefficient (Wildman–Crippen LogP) is 4.08. The third kappa shape index (κ3) is 2.75. The fourth-order valence-electron chi connectivity index (χ4n) is 2.83. The zero-order valence-electron chi connectivity index (χ0n) is 13.0. The zero-order valence-corrected chi connectivity index (χ0v) is 13.8. The lowest BCUT2D eigenvalue weighted by Crippen LogP contribution is -2.00. The Kier molecular flexibility index (Phi) is 3.91. The van der Waals surface area contributed by atoms with Crippen LogP contribution in [0.15, 0.2) is 60.0 Å². The van der Waals surface area contributed by atoms with Gasteiger partial charge in [0.05, 0.1) is 10.4 Å². The van der Waals surface area contributed by atoms with Crippen LogP contribution in [0.25, 0.3) is 22.2 Å². The average Bonchev–Trinajstić information content (AvgIpc) is 3.28. The Morgan fingerprint density at radius 3 is 2.76 bits per heavy atom. The number of carbonyl (C=O) groups excluding carboxylic acids is 1. The Hall–Kier alpha value is -2.83.